The Morgan fingerprint density at radius 1 is 1.24 bits per heavy atom. The summed E-state index contributed by atoms with van der Waals surface area (Å²) >= 11 is 0. The molecule has 2 N–H and O–H groups in total. The largest absolute Gasteiger partial charge is 0.480 e. The van der Waals surface area contributed by atoms with Crippen LogP contribution in [0.4, 0.5) is 0 Å². The molecule has 0 bridgehead atoms. The van der Waals surface area contributed by atoms with E-state index >= 15 is 0 Å². The van der Waals surface area contributed by atoms with Gasteiger partial charge in [-0.1, -0.05) is 25.1 Å². The summed E-state index contributed by atoms with van der Waals surface area (Å²) in [6.45, 7) is 3.50. The summed E-state index contributed by atoms with van der Waals surface area (Å²) in [4.78, 5) is 34.7. The molecule has 6 heteroatoms. The van der Waals surface area contributed by atoms with Crippen molar-refractivity contribution in [2.24, 2.45) is 5.92 Å². The van der Waals surface area contributed by atoms with Gasteiger partial charge in [0, 0.05) is 5.56 Å². The SMILES string of the molecule is CCOC(=O)C[C@@H](C)[C@H](NC(=O)c1ccccc1)C(=O)O. The second kappa shape index (κ2) is 8.04. The summed E-state index contributed by atoms with van der Waals surface area (Å²) in [5.74, 6) is -2.73. The molecule has 0 saturated carbocycles. The van der Waals surface area contributed by atoms with Crippen molar-refractivity contribution in [3.8, 4) is 0 Å². The lowest BCUT2D eigenvalue weighted by molar-refractivity contribution is -0.145. The average molecular weight is 293 g/mol. The van der Waals surface area contributed by atoms with Gasteiger partial charge in [-0.3, -0.25) is 9.59 Å². The number of aliphatic carboxylic acids is 1. The fourth-order valence-corrected chi connectivity index (χ4v) is 1.86. The Balaban J connectivity index is 2.71. The van der Waals surface area contributed by atoms with Crippen molar-refractivity contribution >= 4 is 17.8 Å². The van der Waals surface area contributed by atoms with Gasteiger partial charge in [-0.2, -0.15) is 0 Å². The van der Waals surface area contributed by atoms with E-state index in [9.17, 15) is 19.5 Å². The molecule has 2 atom stereocenters. The van der Waals surface area contributed by atoms with Gasteiger partial charge in [-0.25, -0.2) is 4.79 Å². The van der Waals surface area contributed by atoms with E-state index in [4.69, 9.17) is 4.74 Å². The molecule has 0 aliphatic carbocycles. The maximum Gasteiger partial charge on any atom is 0.326 e. The number of benzene rings is 1. The molecule has 0 heterocycles. The molecule has 114 valence electrons. The number of amides is 1. The zero-order chi connectivity index (χ0) is 15.8. The molecule has 21 heavy (non-hydrogen) atoms. The third kappa shape index (κ3) is 5.25. The third-order valence-corrected chi connectivity index (χ3v) is 2.95. The molecule has 6 nitrogen and oxygen atoms in total. The van der Waals surface area contributed by atoms with Crippen LogP contribution in [0.3, 0.4) is 0 Å². The maximum absolute atomic E-state index is 12.0. The Hall–Kier alpha value is -2.37. The van der Waals surface area contributed by atoms with Gasteiger partial charge in [0.25, 0.3) is 5.91 Å². The molecule has 0 unspecified atom stereocenters. The van der Waals surface area contributed by atoms with E-state index in [0.29, 0.717) is 5.56 Å². The van der Waals surface area contributed by atoms with Gasteiger partial charge in [0.05, 0.1) is 13.0 Å². The first-order chi connectivity index (χ1) is 9.95. The first-order valence-electron chi connectivity index (χ1n) is 6.70. The molecule has 1 aromatic carbocycles. The van der Waals surface area contributed by atoms with Crippen LogP contribution in [0.2, 0.25) is 0 Å². The third-order valence-electron chi connectivity index (χ3n) is 2.95. The van der Waals surface area contributed by atoms with E-state index in [1.54, 1.807) is 44.2 Å². The van der Waals surface area contributed by atoms with Crippen molar-refractivity contribution in [2.75, 3.05) is 6.61 Å². The van der Waals surface area contributed by atoms with E-state index < -0.39 is 29.8 Å². The van der Waals surface area contributed by atoms with Crippen molar-refractivity contribution < 1.29 is 24.2 Å². The fourth-order valence-electron chi connectivity index (χ4n) is 1.86. The average Bonchev–Trinajstić information content (AvgIpc) is 2.45. The molecule has 1 amide bonds. The van der Waals surface area contributed by atoms with Gasteiger partial charge in [0.2, 0.25) is 0 Å². The summed E-state index contributed by atoms with van der Waals surface area (Å²) in [6, 6.07) is 7.16. The highest BCUT2D eigenvalue weighted by molar-refractivity contribution is 5.96. The molecule has 0 aromatic heterocycles. The van der Waals surface area contributed by atoms with Crippen molar-refractivity contribution in [3.63, 3.8) is 0 Å². The van der Waals surface area contributed by atoms with Gasteiger partial charge in [0.15, 0.2) is 0 Å². The Morgan fingerprint density at radius 3 is 2.38 bits per heavy atom. The quantitative estimate of drug-likeness (QED) is 0.742. The van der Waals surface area contributed by atoms with Crippen LogP contribution in [0, 0.1) is 5.92 Å². The number of hydrogen-bond donors (Lipinski definition) is 2. The van der Waals surface area contributed by atoms with Gasteiger partial charge >= 0.3 is 11.9 Å². The van der Waals surface area contributed by atoms with Crippen molar-refractivity contribution in [1.82, 2.24) is 5.32 Å². The Morgan fingerprint density at radius 2 is 1.86 bits per heavy atom. The molecular formula is C15H19NO5. The van der Waals surface area contributed by atoms with E-state index in [0.717, 1.165) is 0 Å². The second-order valence-electron chi connectivity index (χ2n) is 4.64. The van der Waals surface area contributed by atoms with Crippen LogP contribution in [-0.2, 0) is 14.3 Å². The number of rotatable bonds is 7. The Bertz CT molecular complexity index is 500. The number of carboxylic acid groups (broad SMARTS) is 1. The van der Waals surface area contributed by atoms with Crippen LogP contribution in [0.5, 0.6) is 0 Å². The molecule has 0 aliphatic heterocycles. The summed E-state index contributed by atoms with van der Waals surface area (Å²) in [5, 5.41) is 11.6. The Kier molecular flexibility index (Phi) is 6.39. The maximum atomic E-state index is 12.0. The van der Waals surface area contributed by atoms with Crippen LogP contribution < -0.4 is 5.32 Å². The number of hydrogen-bond acceptors (Lipinski definition) is 4. The van der Waals surface area contributed by atoms with E-state index in [1.165, 1.54) is 0 Å². The summed E-state index contributed by atoms with van der Waals surface area (Å²) in [6.07, 6.45) is -0.0696. The minimum absolute atomic E-state index is 0.0696. The van der Waals surface area contributed by atoms with Crippen LogP contribution in [0.1, 0.15) is 30.6 Å². The van der Waals surface area contributed by atoms with Crippen LogP contribution in [-0.4, -0.2) is 35.6 Å². The van der Waals surface area contributed by atoms with Crippen molar-refractivity contribution in [1.29, 1.82) is 0 Å². The number of carbonyl (C=O) groups is 3. The van der Waals surface area contributed by atoms with E-state index in [1.807, 2.05) is 0 Å². The van der Waals surface area contributed by atoms with Crippen molar-refractivity contribution in [2.45, 2.75) is 26.3 Å². The first-order valence-corrected chi connectivity index (χ1v) is 6.70. The van der Waals surface area contributed by atoms with Crippen LogP contribution >= 0.6 is 0 Å². The Labute approximate surface area is 123 Å². The minimum Gasteiger partial charge on any atom is -0.480 e. The molecule has 0 radical (unpaired) electrons. The number of carboxylic acids is 1. The fraction of sp³-hybridized carbons (Fsp3) is 0.400. The lowest BCUT2D eigenvalue weighted by Crippen LogP contribution is -2.45. The second-order valence-corrected chi connectivity index (χ2v) is 4.64. The highest BCUT2D eigenvalue weighted by Crippen LogP contribution is 2.11. The van der Waals surface area contributed by atoms with E-state index in [-0.39, 0.29) is 13.0 Å². The lowest BCUT2D eigenvalue weighted by atomic mass is 9.98. The first kappa shape index (κ1) is 16.7. The molecule has 0 aliphatic rings. The van der Waals surface area contributed by atoms with Gasteiger partial charge in [-0.05, 0) is 25.0 Å². The number of esters is 1. The molecule has 0 spiro atoms. The van der Waals surface area contributed by atoms with Crippen molar-refractivity contribution in [3.05, 3.63) is 35.9 Å². The zero-order valence-electron chi connectivity index (χ0n) is 12.0. The van der Waals surface area contributed by atoms with E-state index in [2.05, 4.69) is 5.32 Å². The predicted molar refractivity (Wildman–Crippen MR) is 75.7 cm³/mol. The smallest absolute Gasteiger partial charge is 0.326 e. The molecule has 1 aromatic rings. The van der Waals surface area contributed by atoms with Gasteiger partial charge in [-0.15, -0.1) is 0 Å². The molecule has 0 saturated heterocycles. The van der Waals surface area contributed by atoms with Gasteiger partial charge in [0.1, 0.15) is 6.04 Å². The summed E-state index contributed by atoms with van der Waals surface area (Å²) in [7, 11) is 0. The molecular weight excluding hydrogens is 274 g/mol. The van der Waals surface area contributed by atoms with Crippen LogP contribution in [0.15, 0.2) is 30.3 Å². The molecule has 1 rings (SSSR count). The summed E-state index contributed by atoms with van der Waals surface area (Å²) in [5.41, 5.74) is 0.368. The standard InChI is InChI=1S/C15H19NO5/c1-3-21-12(17)9-10(2)13(15(19)20)16-14(18)11-7-5-4-6-8-11/h4-8,10,13H,3,9H2,1-2H3,(H,16,18)(H,19,20)/t10-,13+/m1/s1. The number of ether oxygens (including phenoxy) is 1. The number of carbonyl (C=O) groups excluding carboxylic acids is 2. The zero-order valence-corrected chi connectivity index (χ0v) is 12.0. The monoisotopic (exact) mass is 293 g/mol. The predicted octanol–water partition coefficient (Wildman–Crippen LogP) is 1.46. The molecule has 0 fully saturated rings. The highest BCUT2D eigenvalue weighted by atomic mass is 16.5. The number of nitrogens with one attached hydrogen (secondary N) is 1. The summed E-state index contributed by atoms with van der Waals surface area (Å²) < 4.78 is 4.79. The van der Waals surface area contributed by atoms with Crippen LogP contribution in [0.25, 0.3) is 0 Å². The normalized spacial score (nSPS) is 13.0. The lowest BCUT2D eigenvalue weighted by Gasteiger charge is -2.20. The topological polar surface area (TPSA) is 92.7 Å². The van der Waals surface area contributed by atoms with Gasteiger partial charge < -0.3 is 15.2 Å². The highest BCUT2D eigenvalue weighted by Gasteiger charge is 2.28. The minimum atomic E-state index is -1.18.